The van der Waals surface area contributed by atoms with Gasteiger partial charge in [0.2, 0.25) is 17.7 Å². The second-order valence-corrected chi connectivity index (χ2v) is 11.6. The third-order valence-corrected chi connectivity index (χ3v) is 9.39. The summed E-state index contributed by atoms with van der Waals surface area (Å²) in [6.45, 7) is 3.96. The number of alkyl halides is 2. The maximum Gasteiger partial charge on any atom is 0.243 e. The standard InChI is InChI=1S/C30H26Cl2N2O3/c1-17(2)25(26(35)33-16-18-10-4-3-5-11-18)34-27(36)23-24(28(34)37)30(32)20-13-7-6-12-19(20)29(23,31)21-14-8-9-15-22(21)30/h3-15,17,23-25H,16H2,1-2H3,(H,33,35)/t23-,24-,25-,29?,30?/m0/s1. The Morgan fingerprint density at radius 2 is 1.19 bits per heavy atom. The molecule has 0 saturated carbocycles. The Morgan fingerprint density at radius 3 is 1.59 bits per heavy atom. The Hall–Kier alpha value is -3.15. The molecule has 0 unspecified atom stereocenters. The monoisotopic (exact) mass is 532 g/mol. The first-order chi connectivity index (χ1) is 17.7. The average Bonchev–Trinajstić information content (AvgIpc) is 3.17. The molecule has 1 heterocycles. The predicted octanol–water partition coefficient (Wildman–Crippen LogP) is 4.92. The molecule has 3 aromatic rings. The van der Waals surface area contributed by atoms with Crippen LogP contribution in [0.5, 0.6) is 0 Å². The predicted molar refractivity (Wildman–Crippen MR) is 142 cm³/mol. The maximum atomic E-state index is 14.2. The first kappa shape index (κ1) is 24.2. The molecule has 1 fully saturated rings. The number of halogens is 2. The SMILES string of the molecule is CC(C)[C@@H](C(=O)NCc1ccccc1)N1C(=O)[C@@H]2[C@@H](C1=O)C1(Cl)c3ccccc3C2(Cl)c2ccccc21. The highest BCUT2D eigenvalue weighted by Gasteiger charge is 2.73. The normalized spacial score (nSPS) is 28.1. The van der Waals surface area contributed by atoms with Crippen LogP contribution in [0.3, 0.4) is 0 Å². The first-order valence-corrected chi connectivity index (χ1v) is 13.2. The van der Waals surface area contributed by atoms with Crippen molar-refractivity contribution in [3.05, 3.63) is 107 Å². The average molecular weight is 533 g/mol. The van der Waals surface area contributed by atoms with E-state index in [1.54, 1.807) is 0 Å². The van der Waals surface area contributed by atoms with Gasteiger partial charge >= 0.3 is 0 Å². The van der Waals surface area contributed by atoms with Gasteiger partial charge < -0.3 is 5.32 Å². The van der Waals surface area contributed by atoms with E-state index in [4.69, 9.17) is 23.2 Å². The number of carbonyl (C=O) groups is 3. The van der Waals surface area contributed by atoms with E-state index < -0.39 is 39.4 Å². The van der Waals surface area contributed by atoms with Crippen LogP contribution in [0, 0.1) is 17.8 Å². The molecule has 7 rings (SSSR count). The molecule has 7 heteroatoms. The van der Waals surface area contributed by atoms with E-state index in [2.05, 4.69) is 5.32 Å². The number of rotatable bonds is 5. The summed E-state index contributed by atoms with van der Waals surface area (Å²) in [6.07, 6.45) is 0. The molecule has 5 nitrogen and oxygen atoms in total. The van der Waals surface area contributed by atoms with Crippen molar-refractivity contribution in [1.29, 1.82) is 0 Å². The Balaban J connectivity index is 1.45. The minimum absolute atomic E-state index is 0.293. The van der Waals surface area contributed by atoms with E-state index in [9.17, 15) is 14.4 Å². The molecule has 3 aromatic carbocycles. The van der Waals surface area contributed by atoms with Gasteiger partial charge in [0.05, 0.1) is 11.8 Å². The van der Waals surface area contributed by atoms with Gasteiger partial charge in [-0.3, -0.25) is 19.3 Å². The van der Waals surface area contributed by atoms with Gasteiger partial charge in [0.15, 0.2) is 0 Å². The molecule has 2 bridgehead atoms. The van der Waals surface area contributed by atoms with Crippen molar-refractivity contribution in [2.45, 2.75) is 36.2 Å². The van der Waals surface area contributed by atoms with Crippen LogP contribution >= 0.6 is 23.2 Å². The molecule has 1 saturated heterocycles. The Bertz CT molecular complexity index is 1320. The largest absolute Gasteiger partial charge is 0.350 e. The summed E-state index contributed by atoms with van der Waals surface area (Å²) in [5.41, 5.74) is 3.89. The zero-order valence-electron chi connectivity index (χ0n) is 20.4. The number of amides is 3. The number of nitrogens with one attached hydrogen (secondary N) is 1. The third-order valence-electron chi connectivity index (χ3n) is 8.11. The van der Waals surface area contributed by atoms with Crippen molar-refractivity contribution >= 4 is 40.9 Å². The summed E-state index contributed by atoms with van der Waals surface area (Å²) in [6, 6.07) is 23.5. The highest BCUT2D eigenvalue weighted by Crippen LogP contribution is 2.69. The lowest BCUT2D eigenvalue weighted by Gasteiger charge is -2.54. The number of nitrogens with zero attached hydrogens (tertiary/aromatic N) is 1. The lowest BCUT2D eigenvalue weighted by atomic mass is 9.54. The maximum absolute atomic E-state index is 14.2. The van der Waals surface area contributed by atoms with Gasteiger partial charge in [0, 0.05) is 6.54 Å². The lowest BCUT2D eigenvalue weighted by molar-refractivity contribution is -0.149. The van der Waals surface area contributed by atoms with Crippen molar-refractivity contribution in [3.63, 3.8) is 0 Å². The molecule has 188 valence electrons. The van der Waals surface area contributed by atoms with Crippen molar-refractivity contribution in [2.24, 2.45) is 17.8 Å². The van der Waals surface area contributed by atoms with E-state index in [0.29, 0.717) is 6.54 Å². The van der Waals surface area contributed by atoms with Crippen LogP contribution in [0.15, 0.2) is 78.9 Å². The number of carbonyl (C=O) groups excluding carboxylic acids is 3. The first-order valence-electron chi connectivity index (χ1n) is 12.5. The van der Waals surface area contributed by atoms with Gasteiger partial charge in [0.25, 0.3) is 0 Å². The van der Waals surface area contributed by atoms with Crippen LogP contribution in [-0.4, -0.2) is 28.7 Å². The summed E-state index contributed by atoms with van der Waals surface area (Å²) in [5.74, 6) is -3.45. The lowest BCUT2D eigenvalue weighted by Crippen LogP contribution is -2.57. The van der Waals surface area contributed by atoms with E-state index in [1.807, 2.05) is 92.7 Å². The van der Waals surface area contributed by atoms with Crippen LogP contribution in [-0.2, 0) is 30.7 Å². The summed E-state index contributed by atoms with van der Waals surface area (Å²) >= 11 is 15.0. The molecule has 3 amide bonds. The van der Waals surface area contributed by atoms with Gasteiger partial charge in [-0.05, 0) is 33.7 Å². The molecular weight excluding hydrogens is 507 g/mol. The van der Waals surface area contributed by atoms with Crippen LogP contribution < -0.4 is 5.32 Å². The highest BCUT2D eigenvalue weighted by atomic mass is 35.5. The van der Waals surface area contributed by atoms with Gasteiger partial charge in [0.1, 0.15) is 15.8 Å². The minimum atomic E-state index is -1.27. The minimum Gasteiger partial charge on any atom is -0.350 e. The summed E-state index contributed by atoms with van der Waals surface area (Å²) in [5, 5.41) is 2.92. The molecule has 1 N–H and O–H groups in total. The third kappa shape index (κ3) is 3.14. The van der Waals surface area contributed by atoms with Gasteiger partial charge in [-0.1, -0.05) is 92.7 Å². The molecule has 37 heavy (non-hydrogen) atoms. The van der Waals surface area contributed by atoms with E-state index in [0.717, 1.165) is 32.7 Å². The van der Waals surface area contributed by atoms with Crippen molar-refractivity contribution in [3.8, 4) is 0 Å². The Labute approximate surface area is 225 Å². The van der Waals surface area contributed by atoms with Crippen molar-refractivity contribution in [2.75, 3.05) is 0 Å². The number of hydrogen-bond acceptors (Lipinski definition) is 3. The fourth-order valence-electron chi connectivity index (χ4n) is 6.57. The molecule has 4 aliphatic rings. The summed E-state index contributed by atoms with van der Waals surface area (Å²) in [4.78, 5) is 40.5. The van der Waals surface area contributed by atoms with Crippen LogP contribution in [0.25, 0.3) is 0 Å². The van der Waals surface area contributed by atoms with Crippen LogP contribution in [0.4, 0.5) is 0 Å². The summed E-state index contributed by atoms with van der Waals surface area (Å²) < 4.78 is 0. The topological polar surface area (TPSA) is 66.5 Å². The molecule has 0 aromatic heterocycles. The zero-order chi connectivity index (χ0) is 26.1. The fraction of sp³-hybridized carbons (Fsp3) is 0.300. The van der Waals surface area contributed by atoms with Gasteiger partial charge in [-0.2, -0.15) is 0 Å². The van der Waals surface area contributed by atoms with Crippen LogP contribution in [0.1, 0.15) is 41.7 Å². The Morgan fingerprint density at radius 1 is 0.784 bits per heavy atom. The highest BCUT2D eigenvalue weighted by molar-refractivity contribution is 6.36. The van der Waals surface area contributed by atoms with E-state index in [-0.39, 0.29) is 11.8 Å². The van der Waals surface area contributed by atoms with Gasteiger partial charge in [-0.15, -0.1) is 23.2 Å². The van der Waals surface area contributed by atoms with Crippen molar-refractivity contribution < 1.29 is 14.4 Å². The zero-order valence-corrected chi connectivity index (χ0v) is 22.0. The molecule has 3 aliphatic carbocycles. The van der Waals surface area contributed by atoms with E-state index in [1.165, 1.54) is 0 Å². The molecule has 3 atom stereocenters. The van der Waals surface area contributed by atoms with E-state index >= 15 is 0 Å². The fourth-order valence-corrected chi connectivity index (χ4v) is 7.67. The number of likely N-dealkylation sites (tertiary alicyclic amines) is 1. The smallest absolute Gasteiger partial charge is 0.243 e. The van der Waals surface area contributed by atoms with Crippen LogP contribution in [0.2, 0.25) is 0 Å². The Kier molecular flexibility index (Phi) is 5.52. The molecular formula is C30H26Cl2N2O3. The number of benzene rings is 3. The molecule has 1 aliphatic heterocycles. The molecule has 0 spiro atoms. The van der Waals surface area contributed by atoms with Crippen molar-refractivity contribution in [1.82, 2.24) is 10.2 Å². The number of imide groups is 1. The summed E-state index contributed by atoms with van der Waals surface area (Å²) in [7, 11) is 0. The second-order valence-electron chi connectivity index (χ2n) is 10.4. The second kappa shape index (κ2) is 8.44. The quantitative estimate of drug-likeness (QED) is 0.374. The van der Waals surface area contributed by atoms with Gasteiger partial charge in [-0.25, -0.2) is 0 Å². The molecule has 0 radical (unpaired) electrons. The number of hydrogen-bond donors (Lipinski definition) is 1.